The average Bonchev–Trinajstić information content (AvgIpc) is 2.33. The van der Waals surface area contributed by atoms with Gasteiger partial charge in [0.25, 0.3) is 0 Å². The molecule has 0 aliphatic carbocycles. The molecule has 1 heterocycles. The lowest BCUT2D eigenvalue weighted by molar-refractivity contribution is -0.151. The molecule has 0 bridgehead atoms. The summed E-state index contributed by atoms with van der Waals surface area (Å²) in [4.78, 5) is 36.1. The SMILES string of the molecule is COC(=O)[C@@H]1CSSC[C@H](NC(C)=O)C(=O)N1C. The van der Waals surface area contributed by atoms with Gasteiger partial charge in [-0.3, -0.25) is 9.59 Å². The molecule has 1 rings (SSSR count). The number of ether oxygens (including phenoxy) is 1. The molecule has 1 saturated heterocycles. The van der Waals surface area contributed by atoms with Crippen molar-refractivity contribution in [2.75, 3.05) is 25.7 Å². The summed E-state index contributed by atoms with van der Waals surface area (Å²) < 4.78 is 4.68. The Kier molecular flexibility index (Phi) is 5.80. The largest absolute Gasteiger partial charge is 0.467 e. The fourth-order valence-corrected chi connectivity index (χ4v) is 3.94. The lowest BCUT2D eigenvalue weighted by Gasteiger charge is -2.31. The molecule has 2 atom stereocenters. The van der Waals surface area contributed by atoms with Crippen LogP contribution in [0.1, 0.15) is 6.92 Å². The van der Waals surface area contributed by atoms with Crippen LogP contribution in [0.15, 0.2) is 0 Å². The summed E-state index contributed by atoms with van der Waals surface area (Å²) in [5.41, 5.74) is 0. The van der Waals surface area contributed by atoms with Gasteiger partial charge in [-0.1, -0.05) is 21.6 Å². The maximum absolute atomic E-state index is 12.1. The molecule has 0 saturated carbocycles. The van der Waals surface area contributed by atoms with Crippen LogP contribution in [0.4, 0.5) is 0 Å². The minimum Gasteiger partial charge on any atom is -0.467 e. The summed E-state index contributed by atoms with van der Waals surface area (Å²) >= 11 is 0. The summed E-state index contributed by atoms with van der Waals surface area (Å²) in [5.74, 6) is -0.00778. The van der Waals surface area contributed by atoms with Crippen molar-refractivity contribution in [2.24, 2.45) is 0 Å². The van der Waals surface area contributed by atoms with Crippen LogP contribution in [0.2, 0.25) is 0 Å². The van der Waals surface area contributed by atoms with Crippen molar-refractivity contribution in [1.29, 1.82) is 0 Å². The van der Waals surface area contributed by atoms with Gasteiger partial charge in [-0.15, -0.1) is 0 Å². The van der Waals surface area contributed by atoms with Crippen molar-refractivity contribution in [3.8, 4) is 0 Å². The number of likely N-dealkylation sites (N-methyl/N-ethyl adjacent to an activating group) is 1. The van der Waals surface area contributed by atoms with Gasteiger partial charge < -0.3 is 15.0 Å². The molecule has 6 nitrogen and oxygen atoms in total. The van der Waals surface area contributed by atoms with Gasteiger partial charge in [-0.05, 0) is 0 Å². The molecule has 0 aromatic carbocycles. The zero-order valence-electron chi connectivity index (χ0n) is 10.5. The van der Waals surface area contributed by atoms with Gasteiger partial charge in [-0.2, -0.15) is 0 Å². The molecular formula is C10H16N2O4S2. The van der Waals surface area contributed by atoms with Crippen LogP contribution >= 0.6 is 21.6 Å². The standard InChI is InChI=1S/C10H16N2O4S2/c1-6(13)11-7-4-17-18-5-8(10(15)16-3)12(2)9(7)14/h7-8H,4-5H2,1-3H3,(H,11,13)/t7-,8-/m0/s1. The fraction of sp³-hybridized carbons (Fsp3) is 0.700. The summed E-state index contributed by atoms with van der Waals surface area (Å²) in [6.07, 6.45) is 0. The van der Waals surface area contributed by atoms with Crippen LogP contribution in [0, 0.1) is 0 Å². The van der Waals surface area contributed by atoms with Crippen LogP contribution in [-0.2, 0) is 19.1 Å². The Balaban J connectivity index is 2.82. The number of carbonyl (C=O) groups excluding carboxylic acids is 3. The second-order valence-electron chi connectivity index (χ2n) is 3.81. The lowest BCUT2D eigenvalue weighted by Crippen LogP contribution is -2.54. The fourth-order valence-electron chi connectivity index (χ4n) is 1.52. The van der Waals surface area contributed by atoms with Crippen LogP contribution in [0.5, 0.6) is 0 Å². The molecule has 0 aromatic rings. The number of hydrogen-bond acceptors (Lipinski definition) is 6. The third-order valence-electron chi connectivity index (χ3n) is 2.51. The van der Waals surface area contributed by atoms with E-state index in [-0.39, 0.29) is 11.8 Å². The van der Waals surface area contributed by atoms with E-state index in [0.29, 0.717) is 11.5 Å². The van der Waals surface area contributed by atoms with Crippen molar-refractivity contribution in [3.05, 3.63) is 0 Å². The molecule has 1 aliphatic heterocycles. The Morgan fingerprint density at radius 3 is 2.56 bits per heavy atom. The normalized spacial score (nSPS) is 25.1. The summed E-state index contributed by atoms with van der Waals surface area (Å²) in [6, 6.07) is -1.21. The second kappa shape index (κ2) is 6.89. The molecule has 1 fully saturated rings. The molecule has 2 amide bonds. The van der Waals surface area contributed by atoms with E-state index in [2.05, 4.69) is 10.1 Å². The van der Waals surface area contributed by atoms with Crippen molar-refractivity contribution in [3.63, 3.8) is 0 Å². The number of nitrogens with one attached hydrogen (secondary N) is 1. The molecule has 0 radical (unpaired) electrons. The molecule has 0 aromatic heterocycles. The van der Waals surface area contributed by atoms with Crippen molar-refractivity contribution >= 4 is 39.4 Å². The maximum Gasteiger partial charge on any atom is 0.329 e. The highest BCUT2D eigenvalue weighted by Gasteiger charge is 2.34. The number of esters is 1. The summed E-state index contributed by atoms with van der Waals surface area (Å²) in [5, 5.41) is 2.59. The van der Waals surface area contributed by atoms with Crippen LogP contribution < -0.4 is 5.32 Å². The number of nitrogens with zero attached hydrogens (tertiary/aromatic N) is 1. The molecule has 0 spiro atoms. The first-order chi connectivity index (χ1) is 8.47. The van der Waals surface area contributed by atoms with Gasteiger partial charge in [0.2, 0.25) is 11.8 Å². The van der Waals surface area contributed by atoms with Gasteiger partial charge in [0.15, 0.2) is 0 Å². The van der Waals surface area contributed by atoms with E-state index in [4.69, 9.17) is 0 Å². The third kappa shape index (κ3) is 3.81. The van der Waals surface area contributed by atoms with Crippen molar-refractivity contribution < 1.29 is 19.1 Å². The van der Waals surface area contributed by atoms with Crippen molar-refractivity contribution in [1.82, 2.24) is 10.2 Å². The van der Waals surface area contributed by atoms with E-state index in [0.717, 1.165) is 0 Å². The first kappa shape index (κ1) is 15.2. The highest BCUT2D eigenvalue weighted by atomic mass is 33.1. The Bertz CT molecular complexity index is 351. The van der Waals surface area contributed by atoms with E-state index >= 15 is 0 Å². The predicted molar refractivity (Wildman–Crippen MR) is 71.1 cm³/mol. The third-order valence-corrected chi connectivity index (χ3v) is 4.91. The van der Waals surface area contributed by atoms with Gasteiger partial charge in [-0.25, -0.2) is 4.79 Å². The zero-order chi connectivity index (χ0) is 13.7. The lowest BCUT2D eigenvalue weighted by atomic mass is 10.2. The smallest absolute Gasteiger partial charge is 0.329 e. The molecule has 0 unspecified atom stereocenters. The average molecular weight is 292 g/mol. The molecule has 18 heavy (non-hydrogen) atoms. The Labute approximate surface area is 114 Å². The Morgan fingerprint density at radius 1 is 1.39 bits per heavy atom. The van der Waals surface area contributed by atoms with Crippen LogP contribution in [-0.4, -0.2) is 60.4 Å². The first-order valence-corrected chi connectivity index (χ1v) is 7.82. The van der Waals surface area contributed by atoms with Crippen LogP contribution in [0.3, 0.4) is 0 Å². The molecule has 1 aliphatic rings. The van der Waals surface area contributed by atoms with E-state index in [1.54, 1.807) is 7.05 Å². The minimum atomic E-state index is -0.614. The number of amides is 2. The van der Waals surface area contributed by atoms with E-state index in [1.807, 2.05) is 0 Å². The second-order valence-corrected chi connectivity index (χ2v) is 6.36. The zero-order valence-corrected chi connectivity index (χ0v) is 12.1. The molecule has 102 valence electrons. The van der Waals surface area contributed by atoms with Crippen molar-refractivity contribution in [2.45, 2.75) is 19.0 Å². The maximum atomic E-state index is 12.1. The Hall–Kier alpha value is -0.890. The Morgan fingerprint density at radius 2 is 2.00 bits per heavy atom. The number of methoxy groups -OCH3 is 1. The van der Waals surface area contributed by atoms with Gasteiger partial charge in [0.1, 0.15) is 12.1 Å². The van der Waals surface area contributed by atoms with E-state index in [1.165, 1.54) is 40.5 Å². The highest BCUT2D eigenvalue weighted by Crippen LogP contribution is 2.27. The number of rotatable bonds is 2. The van der Waals surface area contributed by atoms with Gasteiger partial charge >= 0.3 is 5.97 Å². The summed E-state index contributed by atoms with van der Waals surface area (Å²) in [7, 11) is 5.80. The monoisotopic (exact) mass is 292 g/mol. The summed E-state index contributed by atoms with van der Waals surface area (Å²) in [6.45, 7) is 1.36. The number of hydrogen-bond donors (Lipinski definition) is 1. The topological polar surface area (TPSA) is 75.7 Å². The molecule has 8 heteroatoms. The quantitative estimate of drug-likeness (QED) is 0.565. The molecular weight excluding hydrogens is 276 g/mol. The minimum absolute atomic E-state index is 0.262. The van der Waals surface area contributed by atoms with E-state index in [9.17, 15) is 14.4 Å². The number of carbonyl (C=O) groups is 3. The first-order valence-electron chi connectivity index (χ1n) is 5.33. The van der Waals surface area contributed by atoms with Gasteiger partial charge in [0, 0.05) is 25.5 Å². The van der Waals surface area contributed by atoms with Crippen LogP contribution in [0.25, 0.3) is 0 Å². The predicted octanol–water partition coefficient (Wildman–Crippen LogP) is -0.114. The molecule has 1 N–H and O–H groups in total. The van der Waals surface area contributed by atoms with Gasteiger partial charge in [0.05, 0.1) is 7.11 Å². The highest BCUT2D eigenvalue weighted by molar-refractivity contribution is 8.76. The van der Waals surface area contributed by atoms with E-state index < -0.39 is 18.1 Å².